The molecule has 1 saturated carbocycles. The van der Waals surface area contributed by atoms with Crippen molar-refractivity contribution in [3.05, 3.63) is 90.1 Å². The molecule has 1 aliphatic carbocycles. The third-order valence-corrected chi connectivity index (χ3v) is 6.10. The highest BCUT2D eigenvalue weighted by atomic mass is 16.5. The number of nitrogens with zero attached hydrogens (tertiary/aromatic N) is 2. The second kappa shape index (κ2) is 8.67. The van der Waals surface area contributed by atoms with Gasteiger partial charge in [-0.1, -0.05) is 30.3 Å². The summed E-state index contributed by atoms with van der Waals surface area (Å²) in [5, 5.41) is 2.95. The Kier molecular flexibility index (Phi) is 5.22. The Labute approximate surface area is 197 Å². The number of H-pyrrole nitrogens is 1. The topological polar surface area (TPSA) is 89.1 Å². The van der Waals surface area contributed by atoms with Gasteiger partial charge in [-0.25, -0.2) is 4.98 Å². The zero-order valence-corrected chi connectivity index (χ0v) is 18.5. The van der Waals surface area contributed by atoms with Crippen LogP contribution in [-0.2, 0) is 6.42 Å². The van der Waals surface area contributed by atoms with Crippen LogP contribution in [0.5, 0.6) is 17.2 Å². The molecule has 1 amide bonds. The lowest BCUT2D eigenvalue weighted by Gasteiger charge is -2.24. The molecule has 6 rings (SSSR count). The van der Waals surface area contributed by atoms with E-state index in [1.807, 2.05) is 42.6 Å². The molecule has 7 nitrogen and oxygen atoms in total. The van der Waals surface area contributed by atoms with E-state index in [9.17, 15) is 4.79 Å². The number of aromatic amines is 1. The van der Waals surface area contributed by atoms with E-state index in [1.54, 1.807) is 18.3 Å². The van der Waals surface area contributed by atoms with Crippen molar-refractivity contribution in [1.82, 2.24) is 20.3 Å². The fourth-order valence-corrected chi connectivity index (χ4v) is 4.13. The van der Waals surface area contributed by atoms with Crippen molar-refractivity contribution in [1.29, 1.82) is 0 Å². The number of rotatable bonds is 6. The van der Waals surface area contributed by atoms with Crippen molar-refractivity contribution >= 4 is 5.91 Å². The first kappa shape index (κ1) is 20.5. The average Bonchev–Trinajstić information content (AvgIpc) is 3.55. The van der Waals surface area contributed by atoms with Gasteiger partial charge in [-0.05, 0) is 49.1 Å². The monoisotopic (exact) mass is 452 g/mol. The minimum Gasteiger partial charge on any atom is -0.493 e. The summed E-state index contributed by atoms with van der Waals surface area (Å²) in [6.07, 6.45) is 6.40. The van der Waals surface area contributed by atoms with Crippen molar-refractivity contribution < 1.29 is 14.3 Å². The summed E-state index contributed by atoms with van der Waals surface area (Å²) in [6, 6.07) is 19.6. The lowest BCUT2D eigenvalue weighted by atomic mass is 9.96. The highest BCUT2D eigenvalue weighted by Crippen LogP contribution is 2.35. The van der Waals surface area contributed by atoms with Crippen LogP contribution in [-0.4, -0.2) is 33.5 Å². The normalized spacial score (nSPS) is 16.9. The van der Waals surface area contributed by atoms with E-state index in [2.05, 4.69) is 27.4 Å². The van der Waals surface area contributed by atoms with Crippen molar-refractivity contribution in [3.8, 4) is 28.5 Å². The maximum absolute atomic E-state index is 12.3. The predicted octanol–water partition coefficient (Wildman–Crippen LogP) is 4.87. The summed E-state index contributed by atoms with van der Waals surface area (Å²) in [6.45, 7) is 0.568. The van der Waals surface area contributed by atoms with Gasteiger partial charge in [0.05, 0.1) is 18.2 Å². The molecule has 1 aliphatic heterocycles. The van der Waals surface area contributed by atoms with Gasteiger partial charge in [0.1, 0.15) is 28.8 Å². The maximum Gasteiger partial charge on any atom is 0.270 e. The van der Waals surface area contributed by atoms with Crippen molar-refractivity contribution in [2.75, 3.05) is 6.61 Å². The Bertz CT molecular complexity index is 1330. The zero-order chi connectivity index (χ0) is 22.9. The van der Waals surface area contributed by atoms with Gasteiger partial charge in [-0.3, -0.25) is 9.78 Å². The first-order valence-corrected chi connectivity index (χ1v) is 11.5. The fraction of sp³-hybridized carbons (Fsp3) is 0.222. The van der Waals surface area contributed by atoms with Crippen molar-refractivity contribution in [2.24, 2.45) is 0 Å². The van der Waals surface area contributed by atoms with Gasteiger partial charge in [0.15, 0.2) is 0 Å². The molecule has 170 valence electrons. The van der Waals surface area contributed by atoms with Crippen LogP contribution in [0, 0.1) is 0 Å². The van der Waals surface area contributed by atoms with Gasteiger partial charge in [-0.2, -0.15) is 0 Å². The second-order valence-corrected chi connectivity index (χ2v) is 8.75. The van der Waals surface area contributed by atoms with E-state index in [0.29, 0.717) is 23.8 Å². The summed E-state index contributed by atoms with van der Waals surface area (Å²) in [5.74, 6) is 2.99. The first-order valence-electron chi connectivity index (χ1n) is 11.5. The Morgan fingerprint density at radius 3 is 2.76 bits per heavy atom. The van der Waals surface area contributed by atoms with Gasteiger partial charge in [-0.15, -0.1) is 0 Å². The summed E-state index contributed by atoms with van der Waals surface area (Å²) < 4.78 is 12.1. The molecule has 4 aromatic rings. The minimum absolute atomic E-state index is 0.124. The number of hydrogen-bond acceptors (Lipinski definition) is 5. The Balaban J connectivity index is 1.17. The molecule has 1 fully saturated rings. The third kappa shape index (κ3) is 4.37. The Morgan fingerprint density at radius 2 is 1.91 bits per heavy atom. The molecule has 2 aromatic heterocycles. The van der Waals surface area contributed by atoms with Crippen LogP contribution in [0.25, 0.3) is 11.3 Å². The van der Waals surface area contributed by atoms with Gasteiger partial charge in [0, 0.05) is 30.1 Å². The van der Waals surface area contributed by atoms with Crippen LogP contribution >= 0.6 is 0 Å². The van der Waals surface area contributed by atoms with Gasteiger partial charge in [0.25, 0.3) is 5.91 Å². The van der Waals surface area contributed by atoms with Gasteiger partial charge in [0.2, 0.25) is 0 Å². The van der Waals surface area contributed by atoms with E-state index in [0.717, 1.165) is 47.7 Å². The molecule has 0 radical (unpaired) electrons. The average molecular weight is 453 g/mol. The fourth-order valence-electron chi connectivity index (χ4n) is 4.13. The van der Waals surface area contributed by atoms with Crippen LogP contribution in [0.4, 0.5) is 0 Å². The number of fused-ring (bicyclic) bond motifs is 1. The van der Waals surface area contributed by atoms with Crippen molar-refractivity contribution in [3.63, 3.8) is 0 Å². The molecule has 1 unspecified atom stereocenters. The second-order valence-electron chi connectivity index (χ2n) is 8.75. The smallest absolute Gasteiger partial charge is 0.270 e. The molecule has 2 aromatic carbocycles. The summed E-state index contributed by atoms with van der Waals surface area (Å²) >= 11 is 0. The van der Waals surface area contributed by atoms with Crippen LogP contribution in [0.15, 0.2) is 73.1 Å². The van der Waals surface area contributed by atoms with Crippen LogP contribution in [0.2, 0.25) is 0 Å². The maximum atomic E-state index is 12.3. The molecule has 7 heteroatoms. The van der Waals surface area contributed by atoms with Crippen molar-refractivity contribution in [2.45, 2.75) is 31.2 Å². The number of hydrogen-bond donors (Lipinski definition) is 2. The van der Waals surface area contributed by atoms with Gasteiger partial charge >= 0.3 is 0 Å². The number of imidazole rings is 1. The number of pyridine rings is 1. The molecule has 0 saturated heterocycles. The molecular formula is C27H24N4O3. The molecule has 3 heterocycles. The number of carbonyl (C=O) groups excluding carboxylic acids is 1. The quantitative estimate of drug-likeness (QED) is 0.435. The lowest BCUT2D eigenvalue weighted by molar-refractivity contribution is 0.0945. The predicted molar refractivity (Wildman–Crippen MR) is 127 cm³/mol. The standard InChI is InChI=1S/C27H24N4O3/c32-27(30-20-6-7-20)23-14-22(10-11-28-23)34-21-8-9-25-18(13-21)12-19(16-33-25)26-29-15-24(31-26)17-4-2-1-3-5-17/h1-5,8-11,13-15,19-20H,6-7,12,16H2,(H,29,31)(H,30,32). The highest BCUT2D eigenvalue weighted by Gasteiger charge is 2.26. The van der Waals surface area contributed by atoms with Crippen LogP contribution in [0.1, 0.15) is 40.6 Å². The summed E-state index contributed by atoms with van der Waals surface area (Å²) in [5.41, 5.74) is 3.43. The molecular weight excluding hydrogens is 428 g/mol. The SMILES string of the molecule is O=C(NC1CC1)c1cc(Oc2ccc3c(c2)CC(c2nc(-c4ccccc4)c[nH]2)CO3)ccn1. The number of amides is 1. The Hall–Kier alpha value is -4.13. The van der Waals surface area contributed by atoms with E-state index in [1.165, 1.54) is 0 Å². The molecule has 0 bridgehead atoms. The molecule has 2 N–H and O–H groups in total. The molecule has 34 heavy (non-hydrogen) atoms. The lowest BCUT2D eigenvalue weighted by Crippen LogP contribution is -2.26. The number of nitrogens with one attached hydrogen (secondary N) is 2. The van der Waals surface area contributed by atoms with Crippen LogP contribution in [0.3, 0.4) is 0 Å². The third-order valence-electron chi connectivity index (χ3n) is 6.10. The number of benzene rings is 2. The van der Waals surface area contributed by atoms with E-state index >= 15 is 0 Å². The van der Waals surface area contributed by atoms with E-state index in [4.69, 9.17) is 14.5 Å². The highest BCUT2D eigenvalue weighted by molar-refractivity contribution is 5.93. The van der Waals surface area contributed by atoms with E-state index < -0.39 is 0 Å². The van der Waals surface area contributed by atoms with E-state index in [-0.39, 0.29) is 17.9 Å². The minimum atomic E-state index is -0.164. The number of ether oxygens (including phenoxy) is 2. The zero-order valence-electron chi connectivity index (χ0n) is 18.5. The largest absolute Gasteiger partial charge is 0.493 e. The number of carbonyl (C=O) groups is 1. The number of aromatic nitrogens is 3. The summed E-state index contributed by atoms with van der Waals surface area (Å²) in [4.78, 5) is 24.6. The summed E-state index contributed by atoms with van der Waals surface area (Å²) in [7, 11) is 0. The first-order chi connectivity index (χ1) is 16.7. The molecule has 1 atom stereocenters. The Morgan fingerprint density at radius 1 is 1.06 bits per heavy atom. The van der Waals surface area contributed by atoms with Gasteiger partial charge < -0.3 is 19.8 Å². The van der Waals surface area contributed by atoms with Crippen LogP contribution < -0.4 is 14.8 Å². The molecule has 0 spiro atoms. The molecule has 2 aliphatic rings.